The second-order valence-electron chi connectivity index (χ2n) is 5.69. The summed E-state index contributed by atoms with van der Waals surface area (Å²) in [7, 11) is 1.51. The number of esters is 1. The van der Waals surface area contributed by atoms with Crippen LogP contribution in [-0.4, -0.2) is 76.2 Å². The van der Waals surface area contributed by atoms with E-state index in [-0.39, 0.29) is 25.7 Å². The first kappa shape index (κ1) is 20.7. The van der Waals surface area contributed by atoms with Crippen molar-refractivity contribution >= 4 is 18.1 Å². The molecule has 9 heteroatoms. The van der Waals surface area contributed by atoms with Gasteiger partial charge in [0, 0.05) is 13.1 Å². The highest BCUT2D eigenvalue weighted by Crippen LogP contribution is 2.27. The molecule has 0 bridgehead atoms. The van der Waals surface area contributed by atoms with Crippen LogP contribution in [-0.2, 0) is 19.1 Å². The molecule has 0 saturated carbocycles. The van der Waals surface area contributed by atoms with Gasteiger partial charge < -0.3 is 18.9 Å². The van der Waals surface area contributed by atoms with Crippen LogP contribution >= 0.6 is 0 Å². The predicted octanol–water partition coefficient (Wildman–Crippen LogP) is 0.419. The first-order valence-electron chi connectivity index (χ1n) is 8.70. The van der Waals surface area contributed by atoms with Crippen LogP contribution < -0.4 is 14.9 Å². The normalized spacial score (nSPS) is 14.7. The topological polar surface area (TPSA) is 98.7 Å². The fourth-order valence-corrected chi connectivity index (χ4v) is 2.40. The molecule has 9 nitrogen and oxygen atoms in total. The Morgan fingerprint density at radius 2 is 2.07 bits per heavy atom. The van der Waals surface area contributed by atoms with E-state index in [0.29, 0.717) is 30.3 Å². The maximum absolute atomic E-state index is 11.9. The summed E-state index contributed by atoms with van der Waals surface area (Å²) < 4.78 is 20.7. The molecular formula is C18H25N3O6. The Morgan fingerprint density at radius 3 is 2.78 bits per heavy atom. The van der Waals surface area contributed by atoms with E-state index >= 15 is 0 Å². The van der Waals surface area contributed by atoms with Gasteiger partial charge in [0.15, 0.2) is 18.1 Å². The van der Waals surface area contributed by atoms with E-state index in [4.69, 9.17) is 18.9 Å². The zero-order chi connectivity index (χ0) is 19.5. The van der Waals surface area contributed by atoms with Gasteiger partial charge in [0.25, 0.3) is 5.91 Å². The number of nitrogens with one attached hydrogen (secondary N) is 1. The molecule has 148 valence electrons. The van der Waals surface area contributed by atoms with Crippen molar-refractivity contribution in [1.82, 2.24) is 10.3 Å². The number of nitrogens with zero attached hydrogens (tertiary/aromatic N) is 2. The molecule has 0 radical (unpaired) electrons. The number of amides is 1. The van der Waals surface area contributed by atoms with E-state index < -0.39 is 5.97 Å². The highest BCUT2D eigenvalue weighted by Gasteiger charge is 2.13. The van der Waals surface area contributed by atoms with Crippen molar-refractivity contribution in [2.75, 3.05) is 53.2 Å². The number of benzene rings is 1. The second-order valence-corrected chi connectivity index (χ2v) is 5.69. The summed E-state index contributed by atoms with van der Waals surface area (Å²) >= 11 is 0. The highest BCUT2D eigenvalue weighted by atomic mass is 16.6. The Labute approximate surface area is 158 Å². The number of hydrogen-bond acceptors (Lipinski definition) is 8. The molecular weight excluding hydrogens is 354 g/mol. The van der Waals surface area contributed by atoms with Crippen LogP contribution in [0.4, 0.5) is 0 Å². The molecule has 1 fully saturated rings. The smallest absolute Gasteiger partial charge is 0.344 e. The van der Waals surface area contributed by atoms with Crippen LogP contribution in [0.15, 0.2) is 23.3 Å². The molecule has 0 atom stereocenters. The molecule has 27 heavy (non-hydrogen) atoms. The van der Waals surface area contributed by atoms with E-state index in [1.54, 1.807) is 25.1 Å². The minimum Gasteiger partial charge on any atom is -0.493 e. The van der Waals surface area contributed by atoms with Crippen LogP contribution in [0.3, 0.4) is 0 Å². The Morgan fingerprint density at radius 1 is 1.30 bits per heavy atom. The third kappa shape index (κ3) is 7.24. The average molecular weight is 379 g/mol. The van der Waals surface area contributed by atoms with Crippen LogP contribution in [0.5, 0.6) is 11.5 Å². The average Bonchev–Trinajstić information content (AvgIpc) is 2.67. The molecule has 1 N–H and O–H groups in total. The SMILES string of the molecule is CCOC(=O)COc1cc(/C=N/NC(=O)CN2CCOCC2)ccc1OC. The number of carbonyl (C=O) groups is 2. The summed E-state index contributed by atoms with van der Waals surface area (Å²) in [5.74, 6) is 0.205. The van der Waals surface area contributed by atoms with Crippen molar-refractivity contribution in [3.63, 3.8) is 0 Å². The van der Waals surface area contributed by atoms with Crippen molar-refractivity contribution in [2.24, 2.45) is 5.10 Å². The Hall–Kier alpha value is -2.65. The van der Waals surface area contributed by atoms with E-state index in [0.717, 1.165) is 13.1 Å². The molecule has 1 aliphatic rings. The Kier molecular flexibility index (Phi) is 8.53. The van der Waals surface area contributed by atoms with Crippen molar-refractivity contribution < 1.29 is 28.5 Å². The minimum absolute atomic E-state index is 0.194. The molecule has 1 heterocycles. The first-order valence-corrected chi connectivity index (χ1v) is 8.70. The zero-order valence-corrected chi connectivity index (χ0v) is 15.6. The maximum Gasteiger partial charge on any atom is 0.344 e. The van der Waals surface area contributed by atoms with E-state index in [1.807, 2.05) is 4.90 Å². The lowest BCUT2D eigenvalue weighted by molar-refractivity contribution is -0.145. The molecule has 0 spiro atoms. The van der Waals surface area contributed by atoms with Gasteiger partial charge in [-0.3, -0.25) is 9.69 Å². The van der Waals surface area contributed by atoms with Crippen LogP contribution in [0.25, 0.3) is 0 Å². The summed E-state index contributed by atoms with van der Waals surface area (Å²) in [4.78, 5) is 25.3. The second kappa shape index (κ2) is 11.1. The van der Waals surface area contributed by atoms with Gasteiger partial charge in [-0.15, -0.1) is 0 Å². The van der Waals surface area contributed by atoms with Crippen molar-refractivity contribution in [2.45, 2.75) is 6.92 Å². The monoisotopic (exact) mass is 379 g/mol. The lowest BCUT2D eigenvalue weighted by atomic mass is 10.2. The quantitative estimate of drug-likeness (QED) is 0.377. The van der Waals surface area contributed by atoms with Crippen LogP contribution in [0, 0.1) is 0 Å². The number of hydrazone groups is 1. The molecule has 1 aromatic carbocycles. The van der Waals surface area contributed by atoms with Crippen molar-refractivity contribution in [1.29, 1.82) is 0 Å². The van der Waals surface area contributed by atoms with Gasteiger partial charge in [0.2, 0.25) is 0 Å². The largest absolute Gasteiger partial charge is 0.493 e. The highest BCUT2D eigenvalue weighted by molar-refractivity contribution is 5.84. The molecule has 0 unspecified atom stereocenters. The van der Waals surface area contributed by atoms with Crippen LogP contribution in [0.2, 0.25) is 0 Å². The molecule has 1 amide bonds. The number of rotatable bonds is 9. The van der Waals surface area contributed by atoms with Gasteiger partial charge in [0.1, 0.15) is 0 Å². The van der Waals surface area contributed by atoms with Crippen LogP contribution in [0.1, 0.15) is 12.5 Å². The summed E-state index contributed by atoms with van der Waals surface area (Å²) in [6.07, 6.45) is 1.49. The predicted molar refractivity (Wildman–Crippen MR) is 98.1 cm³/mol. The fourth-order valence-electron chi connectivity index (χ4n) is 2.40. The molecule has 1 aliphatic heterocycles. The summed E-state index contributed by atoms with van der Waals surface area (Å²) in [5.41, 5.74) is 3.18. The van der Waals surface area contributed by atoms with E-state index in [2.05, 4.69) is 10.5 Å². The minimum atomic E-state index is -0.464. The number of carbonyl (C=O) groups excluding carboxylic acids is 2. The first-order chi connectivity index (χ1) is 13.1. The van der Waals surface area contributed by atoms with E-state index in [9.17, 15) is 9.59 Å². The fraction of sp³-hybridized carbons (Fsp3) is 0.500. The van der Waals surface area contributed by atoms with Gasteiger partial charge >= 0.3 is 5.97 Å². The molecule has 1 saturated heterocycles. The number of ether oxygens (including phenoxy) is 4. The number of methoxy groups -OCH3 is 1. The van der Waals surface area contributed by atoms with Crippen molar-refractivity contribution in [3.8, 4) is 11.5 Å². The Balaban J connectivity index is 1.88. The van der Waals surface area contributed by atoms with Gasteiger partial charge in [0.05, 0.1) is 39.7 Å². The van der Waals surface area contributed by atoms with Gasteiger partial charge in [-0.1, -0.05) is 0 Å². The zero-order valence-electron chi connectivity index (χ0n) is 15.6. The summed E-state index contributed by atoms with van der Waals surface area (Å²) in [6.45, 7) is 4.80. The lowest BCUT2D eigenvalue weighted by Gasteiger charge is -2.25. The van der Waals surface area contributed by atoms with Gasteiger partial charge in [-0.05, 0) is 30.7 Å². The van der Waals surface area contributed by atoms with Gasteiger partial charge in [-0.25, -0.2) is 10.2 Å². The lowest BCUT2D eigenvalue weighted by Crippen LogP contribution is -2.42. The number of morpholine rings is 1. The maximum atomic E-state index is 11.9. The van der Waals surface area contributed by atoms with E-state index in [1.165, 1.54) is 13.3 Å². The number of hydrogen-bond donors (Lipinski definition) is 1. The molecule has 0 aromatic heterocycles. The van der Waals surface area contributed by atoms with Gasteiger partial charge in [-0.2, -0.15) is 5.10 Å². The third-order valence-electron chi connectivity index (χ3n) is 3.71. The summed E-state index contributed by atoms with van der Waals surface area (Å²) in [5, 5.41) is 3.96. The molecule has 1 aromatic rings. The molecule has 0 aliphatic carbocycles. The third-order valence-corrected chi connectivity index (χ3v) is 3.71. The van der Waals surface area contributed by atoms with Crippen molar-refractivity contribution in [3.05, 3.63) is 23.8 Å². The standard InChI is InChI=1S/C18H25N3O6/c1-3-26-18(23)13-27-16-10-14(4-5-15(16)24-2)11-19-20-17(22)12-21-6-8-25-9-7-21/h4-5,10-11H,3,6-9,12-13H2,1-2H3,(H,20,22)/b19-11+. The Bertz CT molecular complexity index is 658. The summed E-state index contributed by atoms with van der Waals surface area (Å²) in [6, 6.07) is 5.11. The molecule has 2 rings (SSSR count).